The third kappa shape index (κ3) is 3.90. The highest BCUT2D eigenvalue weighted by molar-refractivity contribution is 5.68. The molecule has 1 fully saturated rings. The van der Waals surface area contributed by atoms with Crippen LogP contribution in [0.1, 0.15) is 45.4 Å². The Morgan fingerprint density at radius 2 is 2.21 bits per heavy atom. The van der Waals surface area contributed by atoms with Crippen molar-refractivity contribution in [1.29, 1.82) is 0 Å². The van der Waals surface area contributed by atoms with Gasteiger partial charge < -0.3 is 14.2 Å². The Morgan fingerprint density at radius 3 is 2.92 bits per heavy atom. The van der Waals surface area contributed by atoms with E-state index in [4.69, 9.17) is 9.26 Å². The maximum atomic E-state index is 12.2. The molecular weight excluding hydrogens is 308 g/mol. The van der Waals surface area contributed by atoms with E-state index in [-0.39, 0.29) is 12.0 Å². The molecule has 1 amide bonds. The summed E-state index contributed by atoms with van der Waals surface area (Å²) < 4.78 is 10.9. The minimum absolute atomic E-state index is 0.0243. The van der Waals surface area contributed by atoms with E-state index in [1.807, 2.05) is 39.0 Å². The lowest BCUT2D eigenvalue weighted by Crippen LogP contribution is -2.42. The fourth-order valence-corrected chi connectivity index (χ4v) is 2.67. The second-order valence-electron chi connectivity index (χ2n) is 6.94. The molecule has 0 N–H and O–H groups in total. The van der Waals surface area contributed by atoms with Crippen LogP contribution < -0.4 is 0 Å². The number of carbonyl (C=O) groups excluding carboxylic acids is 1. The van der Waals surface area contributed by atoms with Crippen LogP contribution in [-0.4, -0.2) is 44.8 Å². The molecule has 0 bridgehead atoms. The maximum Gasteiger partial charge on any atom is 0.410 e. The molecule has 1 saturated heterocycles. The van der Waals surface area contributed by atoms with Crippen molar-refractivity contribution in [2.75, 3.05) is 13.1 Å². The van der Waals surface area contributed by atoms with Crippen LogP contribution in [0.25, 0.3) is 11.5 Å². The average molecular weight is 330 g/mol. The van der Waals surface area contributed by atoms with Gasteiger partial charge in [0.1, 0.15) is 11.3 Å². The van der Waals surface area contributed by atoms with Gasteiger partial charge in [0.2, 0.25) is 11.7 Å². The number of nitrogens with zero attached hydrogens (tertiary/aromatic N) is 4. The molecule has 0 spiro atoms. The predicted octanol–water partition coefficient (Wildman–Crippen LogP) is 3.25. The van der Waals surface area contributed by atoms with Gasteiger partial charge in [0.05, 0.1) is 5.92 Å². The molecule has 0 aromatic carbocycles. The average Bonchev–Trinajstić information content (AvgIpc) is 3.04. The van der Waals surface area contributed by atoms with Gasteiger partial charge in [-0.2, -0.15) is 4.98 Å². The second-order valence-corrected chi connectivity index (χ2v) is 6.94. The van der Waals surface area contributed by atoms with Gasteiger partial charge in [-0.3, -0.25) is 4.98 Å². The van der Waals surface area contributed by atoms with E-state index in [9.17, 15) is 4.79 Å². The lowest BCUT2D eigenvalue weighted by atomic mass is 9.98. The molecule has 3 rings (SSSR count). The molecule has 1 aliphatic heterocycles. The minimum Gasteiger partial charge on any atom is -0.444 e. The number of aromatic nitrogens is 3. The predicted molar refractivity (Wildman–Crippen MR) is 87.3 cm³/mol. The van der Waals surface area contributed by atoms with Crippen LogP contribution in [0.3, 0.4) is 0 Å². The molecule has 128 valence electrons. The Balaban J connectivity index is 1.69. The van der Waals surface area contributed by atoms with Crippen molar-refractivity contribution in [1.82, 2.24) is 20.0 Å². The molecule has 0 radical (unpaired) electrons. The Morgan fingerprint density at radius 1 is 1.38 bits per heavy atom. The third-order valence-corrected chi connectivity index (χ3v) is 3.76. The molecule has 0 saturated carbocycles. The van der Waals surface area contributed by atoms with Crippen LogP contribution >= 0.6 is 0 Å². The number of carbonyl (C=O) groups is 1. The number of rotatable bonds is 2. The van der Waals surface area contributed by atoms with Crippen molar-refractivity contribution in [2.45, 2.75) is 45.1 Å². The number of amides is 1. The van der Waals surface area contributed by atoms with E-state index in [1.165, 1.54) is 0 Å². The minimum atomic E-state index is -0.499. The molecule has 1 aliphatic rings. The number of hydrogen-bond donors (Lipinski definition) is 0. The quantitative estimate of drug-likeness (QED) is 0.841. The first-order valence-corrected chi connectivity index (χ1v) is 8.15. The highest BCUT2D eigenvalue weighted by Crippen LogP contribution is 2.28. The lowest BCUT2D eigenvalue weighted by molar-refractivity contribution is 0.0189. The van der Waals surface area contributed by atoms with Gasteiger partial charge in [0.15, 0.2) is 0 Å². The van der Waals surface area contributed by atoms with Crippen molar-refractivity contribution >= 4 is 6.09 Å². The molecule has 24 heavy (non-hydrogen) atoms. The van der Waals surface area contributed by atoms with Crippen molar-refractivity contribution < 1.29 is 14.1 Å². The summed E-state index contributed by atoms with van der Waals surface area (Å²) in [6, 6.07) is 5.55. The van der Waals surface area contributed by atoms with Crippen molar-refractivity contribution in [3.05, 3.63) is 30.3 Å². The molecule has 7 heteroatoms. The summed E-state index contributed by atoms with van der Waals surface area (Å²) in [5, 5.41) is 4.01. The zero-order valence-corrected chi connectivity index (χ0v) is 14.2. The van der Waals surface area contributed by atoms with E-state index in [0.717, 1.165) is 12.8 Å². The number of likely N-dealkylation sites (tertiary alicyclic amines) is 1. The second kappa shape index (κ2) is 6.59. The third-order valence-electron chi connectivity index (χ3n) is 3.76. The summed E-state index contributed by atoms with van der Waals surface area (Å²) in [5.41, 5.74) is 0.174. The van der Waals surface area contributed by atoms with E-state index in [1.54, 1.807) is 11.1 Å². The molecular formula is C17H22N4O3. The standard InChI is InChI=1S/C17H22N4O3/c1-17(2,3)23-16(22)21-10-6-7-12(11-21)15-19-14(20-24-15)13-8-4-5-9-18-13/h4-5,8-9,12H,6-7,10-11H2,1-3H3/t12-/m0/s1. The van der Waals surface area contributed by atoms with Crippen LogP contribution in [0, 0.1) is 0 Å². The monoisotopic (exact) mass is 330 g/mol. The van der Waals surface area contributed by atoms with Crippen molar-refractivity contribution in [3.63, 3.8) is 0 Å². The van der Waals surface area contributed by atoms with Gasteiger partial charge in [-0.15, -0.1) is 0 Å². The molecule has 0 unspecified atom stereocenters. The van der Waals surface area contributed by atoms with Crippen LogP contribution in [-0.2, 0) is 4.74 Å². The Bertz CT molecular complexity index is 693. The van der Waals surface area contributed by atoms with Crippen molar-refractivity contribution in [2.24, 2.45) is 0 Å². The molecule has 7 nitrogen and oxygen atoms in total. The summed E-state index contributed by atoms with van der Waals surface area (Å²) >= 11 is 0. The SMILES string of the molecule is CC(C)(C)OC(=O)N1CCC[C@H](c2nc(-c3ccccn3)no2)C1. The van der Waals surface area contributed by atoms with Gasteiger partial charge in [0, 0.05) is 19.3 Å². The summed E-state index contributed by atoms with van der Waals surface area (Å²) in [5.74, 6) is 1.04. The normalized spacial score (nSPS) is 18.5. The number of ether oxygens (including phenoxy) is 1. The van der Waals surface area contributed by atoms with Gasteiger partial charge in [-0.05, 0) is 45.7 Å². The Labute approximate surface area is 141 Å². The zero-order chi connectivity index (χ0) is 17.2. The summed E-state index contributed by atoms with van der Waals surface area (Å²) in [7, 11) is 0. The molecule has 0 aliphatic carbocycles. The first-order chi connectivity index (χ1) is 11.4. The zero-order valence-electron chi connectivity index (χ0n) is 14.2. The van der Waals surface area contributed by atoms with E-state index < -0.39 is 5.60 Å². The fourth-order valence-electron chi connectivity index (χ4n) is 2.67. The highest BCUT2D eigenvalue weighted by atomic mass is 16.6. The molecule has 2 aromatic heterocycles. The van der Waals surface area contributed by atoms with E-state index >= 15 is 0 Å². The topological polar surface area (TPSA) is 81.4 Å². The smallest absolute Gasteiger partial charge is 0.410 e. The van der Waals surface area contributed by atoms with E-state index in [0.29, 0.717) is 30.5 Å². The largest absolute Gasteiger partial charge is 0.444 e. The highest BCUT2D eigenvalue weighted by Gasteiger charge is 2.31. The number of piperidine rings is 1. The van der Waals surface area contributed by atoms with Gasteiger partial charge in [-0.1, -0.05) is 11.2 Å². The maximum absolute atomic E-state index is 12.2. The summed E-state index contributed by atoms with van der Waals surface area (Å²) in [6.45, 7) is 6.81. The fraction of sp³-hybridized carbons (Fsp3) is 0.529. The van der Waals surface area contributed by atoms with Crippen LogP contribution in [0.5, 0.6) is 0 Å². The Hall–Kier alpha value is -2.44. The molecule has 1 atom stereocenters. The van der Waals surface area contributed by atoms with E-state index in [2.05, 4.69) is 15.1 Å². The number of pyridine rings is 1. The first kappa shape index (κ1) is 16.4. The van der Waals surface area contributed by atoms with Gasteiger partial charge in [-0.25, -0.2) is 4.79 Å². The summed E-state index contributed by atoms with van der Waals surface area (Å²) in [6.07, 6.45) is 3.18. The number of hydrogen-bond acceptors (Lipinski definition) is 6. The molecule has 3 heterocycles. The molecule has 2 aromatic rings. The Kier molecular flexibility index (Phi) is 4.51. The van der Waals surface area contributed by atoms with Crippen LogP contribution in [0.2, 0.25) is 0 Å². The van der Waals surface area contributed by atoms with Gasteiger partial charge >= 0.3 is 6.09 Å². The van der Waals surface area contributed by atoms with Crippen molar-refractivity contribution in [3.8, 4) is 11.5 Å². The lowest BCUT2D eigenvalue weighted by Gasteiger charge is -2.32. The first-order valence-electron chi connectivity index (χ1n) is 8.15. The summed E-state index contributed by atoms with van der Waals surface area (Å²) in [4.78, 5) is 22.6. The van der Waals surface area contributed by atoms with Crippen LogP contribution in [0.4, 0.5) is 4.79 Å². The van der Waals surface area contributed by atoms with Crippen LogP contribution in [0.15, 0.2) is 28.9 Å². The van der Waals surface area contributed by atoms with Gasteiger partial charge in [0.25, 0.3) is 0 Å².